The second kappa shape index (κ2) is 12.8. The number of methoxy groups -OCH3 is 1. The molecule has 0 saturated heterocycles. The quantitative estimate of drug-likeness (QED) is 0.101. The van der Waals surface area contributed by atoms with E-state index in [1.807, 2.05) is 96.4 Å². The number of halogens is 1. The fraction of sp³-hybridized carbons (Fsp3) is 0.0256. The van der Waals surface area contributed by atoms with Gasteiger partial charge in [-0.2, -0.15) is 4.99 Å². The normalized spacial score (nSPS) is 12.0. The molecule has 232 valence electrons. The maximum Gasteiger partial charge on any atom is 0.211 e. The smallest absolute Gasteiger partial charge is 0.211 e. The van der Waals surface area contributed by atoms with Crippen molar-refractivity contribution in [2.24, 2.45) is 15.2 Å². The largest absolute Gasteiger partial charge is 0.497 e. The number of aromatic nitrogens is 3. The molecule has 48 heavy (non-hydrogen) atoms. The van der Waals surface area contributed by atoms with Crippen LogP contribution in [0.2, 0.25) is 5.02 Å². The number of H-pyrrole nitrogens is 2. The van der Waals surface area contributed by atoms with Crippen molar-refractivity contribution in [1.82, 2.24) is 15.0 Å². The number of hydrogen-bond acceptors (Lipinski definition) is 5. The number of aliphatic imine (C=N–C) groups is 1. The van der Waals surface area contributed by atoms with Gasteiger partial charge in [0.2, 0.25) is 5.13 Å². The molecule has 0 spiro atoms. The molecule has 9 heteroatoms. The highest BCUT2D eigenvalue weighted by Gasteiger charge is 2.21. The number of fused-ring (bicyclic) bond motifs is 2. The van der Waals surface area contributed by atoms with E-state index in [0.717, 1.165) is 66.9 Å². The van der Waals surface area contributed by atoms with E-state index in [0.29, 0.717) is 21.7 Å². The molecule has 3 aromatic heterocycles. The van der Waals surface area contributed by atoms with E-state index in [1.54, 1.807) is 7.11 Å². The Morgan fingerprint density at radius 1 is 0.708 bits per heavy atom. The van der Waals surface area contributed by atoms with Crippen LogP contribution in [-0.4, -0.2) is 27.9 Å². The molecule has 0 amide bonds. The molecule has 8 aromatic rings. The zero-order valence-electron chi connectivity index (χ0n) is 25.7. The van der Waals surface area contributed by atoms with Gasteiger partial charge in [-0.25, -0.2) is 4.98 Å². The molecule has 0 aliphatic rings. The lowest BCUT2D eigenvalue weighted by atomic mass is 10.0. The summed E-state index contributed by atoms with van der Waals surface area (Å²) in [7, 11) is 1.64. The summed E-state index contributed by atoms with van der Waals surface area (Å²) in [5.74, 6) is 1.19. The fourth-order valence-electron chi connectivity index (χ4n) is 5.84. The maximum atomic E-state index is 6.23. The van der Waals surface area contributed by atoms with Crippen molar-refractivity contribution in [2.75, 3.05) is 7.11 Å². The van der Waals surface area contributed by atoms with Gasteiger partial charge < -0.3 is 14.7 Å². The molecule has 0 fully saturated rings. The summed E-state index contributed by atoms with van der Waals surface area (Å²) in [6.07, 6.45) is 0. The molecule has 0 radical (unpaired) electrons. The summed E-state index contributed by atoms with van der Waals surface area (Å²) in [5, 5.41) is 14.8. The number of benzene rings is 5. The number of aromatic amines is 2. The molecule has 3 heterocycles. The Morgan fingerprint density at radius 3 is 2.10 bits per heavy atom. The number of para-hydroxylation sites is 2. The van der Waals surface area contributed by atoms with Crippen LogP contribution in [0.25, 0.3) is 55.6 Å². The van der Waals surface area contributed by atoms with Crippen molar-refractivity contribution in [3.63, 3.8) is 0 Å². The van der Waals surface area contributed by atoms with Crippen LogP contribution in [0.1, 0.15) is 5.56 Å². The van der Waals surface area contributed by atoms with E-state index < -0.39 is 0 Å². The minimum absolute atomic E-state index is 0.444. The molecule has 8 rings (SSSR count). The highest BCUT2D eigenvalue weighted by molar-refractivity contribution is 7.13. The Labute approximate surface area is 285 Å². The first-order chi connectivity index (χ1) is 23.6. The van der Waals surface area contributed by atoms with Crippen LogP contribution in [-0.2, 0) is 0 Å². The Kier molecular flexibility index (Phi) is 7.86. The Morgan fingerprint density at radius 2 is 1.35 bits per heavy atom. The number of rotatable bonds is 7. The van der Waals surface area contributed by atoms with Gasteiger partial charge in [-0.05, 0) is 59.7 Å². The van der Waals surface area contributed by atoms with Crippen LogP contribution < -0.4 is 4.74 Å². The van der Waals surface area contributed by atoms with Crippen LogP contribution >= 0.6 is 22.9 Å². The van der Waals surface area contributed by atoms with Gasteiger partial charge in [0.1, 0.15) is 5.75 Å². The molecular formula is C39H27ClN6OS. The number of ether oxygens (including phenoxy) is 1. The van der Waals surface area contributed by atoms with Crippen molar-refractivity contribution in [3.8, 4) is 39.5 Å². The van der Waals surface area contributed by atoms with Gasteiger partial charge in [-0.15, -0.1) is 21.6 Å². The molecule has 5 aromatic carbocycles. The minimum Gasteiger partial charge on any atom is -0.497 e. The lowest BCUT2D eigenvalue weighted by molar-refractivity contribution is 0.415. The summed E-state index contributed by atoms with van der Waals surface area (Å²) in [5.41, 5.74) is 9.25. The van der Waals surface area contributed by atoms with E-state index >= 15 is 0 Å². The van der Waals surface area contributed by atoms with Crippen LogP contribution in [0.4, 0.5) is 10.8 Å². The highest BCUT2D eigenvalue weighted by Crippen LogP contribution is 2.41. The van der Waals surface area contributed by atoms with Crippen molar-refractivity contribution >= 4 is 61.4 Å². The van der Waals surface area contributed by atoms with E-state index in [1.165, 1.54) is 11.3 Å². The number of nitrogens with zero attached hydrogens (tertiary/aromatic N) is 4. The maximum absolute atomic E-state index is 6.23. The van der Waals surface area contributed by atoms with Crippen molar-refractivity contribution in [1.29, 1.82) is 0 Å². The minimum atomic E-state index is 0.444. The third-order valence-electron chi connectivity index (χ3n) is 8.11. The molecule has 7 nitrogen and oxygen atoms in total. The molecule has 0 atom stereocenters. The van der Waals surface area contributed by atoms with E-state index in [4.69, 9.17) is 31.4 Å². The third kappa shape index (κ3) is 5.68. The van der Waals surface area contributed by atoms with Crippen molar-refractivity contribution < 1.29 is 4.74 Å². The van der Waals surface area contributed by atoms with E-state index in [9.17, 15) is 0 Å². The molecule has 0 aliphatic heterocycles. The average molecular weight is 663 g/mol. The predicted molar refractivity (Wildman–Crippen MR) is 197 cm³/mol. The molecule has 0 bridgehead atoms. The molecule has 2 N–H and O–H groups in total. The second-order valence-electron chi connectivity index (χ2n) is 11.1. The van der Waals surface area contributed by atoms with E-state index in [-0.39, 0.29) is 0 Å². The zero-order valence-corrected chi connectivity index (χ0v) is 27.3. The number of amidine groups is 1. The first-order valence-corrected chi connectivity index (χ1v) is 16.5. The first kappa shape index (κ1) is 29.6. The first-order valence-electron chi connectivity index (χ1n) is 15.3. The third-order valence-corrected chi connectivity index (χ3v) is 9.10. The van der Waals surface area contributed by atoms with Crippen LogP contribution in [0.5, 0.6) is 5.75 Å². The van der Waals surface area contributed by atoms with Crippen LogP contribution in [0.15, 0.2) is 148 Å². The Bertz CT molecular complexity index is 2440. The lowest BCUT2D eigenvalue weighted by Crippen LogP contribution is -1.98. The molecule has 0 unspecified atom stereocenters. The van der Waals surface area contributed by atoms with Gasteiger partial charge in [-0.3, -0.25) is 0 Å². The SMILES string of the molecule is COc1ccc(N=N/C(=N\c2nc(-c3c(-c4ccc(Cl)cc4)[nH]c4ccccc34)cs2)c2c(-c3ccccc3)[nH]c3ccccc23)cc1. The zero-order chi connectivity index (χ0) is 32.5. The Balaban J connectivity index is 1.30. The summed E-state index contributed by atoms with van der Waals surface area (Å²) >= 11 is 7.69. The molecule has 0 saturated carbocycles. The van der Waals surface area contributed by atoms with Crippen LogP contribution in [0.3, 0.4) is 0 Å². The number of hydrogen-bond donors (Lipinski definition) is 2. The highest BCUT2D eigenvalue weighted by atomic mass is 35.5. The standard InChI is InChI=1S/C39H27ClN6OS/c1-47-28-21-19-27(20-22-28)45-46-38(35-30-12-6-8-14-32(30)42-37(35)24-9-3-2-4-10-24)44-39-43-33(23-48-39)34-29-11-5-7-13-31(29)41-36(34)25-15-17-26(40)18-16-25/h2-23,41-42H,1H3/b44-38-,46-45?. The number of nitrogens with one attached hydrogen (secondary N) is 2. The predicted octanol–water partition coefficient (Wildman–Crippen LogP) is 11.6. The van der Waals surface area contributed by atoms with Gasteiger partial charge in [0.25, 0.3) is 0 Å². The summed E-state index contributed by atoms with van der Waals surface area (Å²) in [4.78, 5) is 17.4. The van der Waals surface area contributed by atoms with E-state index in [2.05, 4.69) is 51.5 Å². The number of azo groups is 1. The van der Waals surface area contributed by atoms with Gasteiger partial charge in [0.05, 0.1) is 35.4 Å². The van der Waals surface area contributed by atoms with Gasteiger partial charge in [-0.1, -0.05) is 90.5 Å². The summed E-state index contributed by atoms with van der Waals surface area (Å²) < 4.78 is 5.33. The lowest BCUT2D eigenvalue weighted by Gasteiger charge is -2.05. The molecular weight excluding hydrogens is 636 g/mol. The van der Waals surface area contributed by atoms with Gasteiger partial charge in [0.15, 0.2) is 5.84 Å². The topological polar surface area (TPSA) is 90.8 Å². The van der Waals surface area contributed by atoms with Gasteiger partial charge >= 0.3 is 0 Å². The van der Waals surface area contributed by atoms with Crippen LogP contribution in [0, 0.1) is 0 Å². The molecule has 0 aliphatic carbocycles. The van der Waals surface area contributed by atoms with Crippen molar-refractivity contribution in [2.45, 2.75) is 0 Å². The van der Waals surface area contributed by atoms with Crippen molar-refractivity contribution in [3.05, 3.63) is 143 Å². The second-order valence-corrected chi connectivity index (χ2v) is 12.3. The average Bonchev–Trinajstić information content (AvgIpc) is 3.86. The number of thiazole rings is 1. The fourth-order valence-corrected chi connectivity index (χ4v) is 6.64. The summed E-state index contributed by atoms with van der Waals surface area (Å²) in [6, 6.07) is 41.9. The Hall–Kier alpha value is -5.83. The summed E-state index contributed by atoms with van der Waals surface area (Å²) in [6.45, 7) is 0. The van der Waals surface area contributed by atoms with Gasteiger partial charge in [0, 0.05) is 37.8 Å². The monoisotopic (exact) mass is 662 g/mol.